The lowest BCUT2D eigenvalue weighted by molar-refractivity contribution is -0.147. The van der Waals surface area contributed by atoms with Crippen LogP contribution >= 0.6 is 0 Å². The zero-order valence-corrected chi connectivity index (χ0v) is 33.2. The van der Waals surface area contributed by atoms with Crippen molar-refractivity contribution >= 4 is 31.3 Å². The molecule has 3 aliphatic rings. The number of carbonyl (C=O) groups excluding carboxylic acids is 2. The molecule has 3 aliphatic carbocycles. The lowest BCUT2D eigenvalue weighted by Gasteiger charge is -2.58. The molecule has 0 radical (unpaired) electrons. The van der Waals surface area contributed by atoms with Crippen LogP contribution in [0.5, 0.6) is 5.88 Å². The van der Waals surface area contributed by atoms with E-state index in [1.54, 1.807) is 0 Å². The Labute approximate surface area is 303 Å². The quantitative estimate of drug-likeness (QED) is 0.190. The summed E-state index contributed by atoms with van der Waals surface area (Å²) in [6, 6.07) is 13.1. The predicted molar refractivity (Wildman–Crippen MR) is 202 cm³/mol. The van der Waals surface area contributed by atoms with Gasteiger partial charge in [0.1, 0.15) is 17.9 Å². The summed E-state index contributed by atoms with van der Waals surface area (Å²) in [5.74, 6) is -1.96. The summed E-state index contributed by atoms with van der Waals surface area (Å²) in [7, 11) is 9.01. The third-order valence-corrected chi connectivity index (χ3v) is 16.2. The number of aliphatic hydroxyl groups is 1. The average molecular weight is 715 g/mol. The second-order valence-corrected chi connectivity index (χ2v) is 21.6. The van der Waals surface area contributed by atoms with Crippen LogP contribution < -0.4 is 9.64 Å². The van der Waals surface area contributed by atoms with Crippen molar-refractivity contribution in [3.8, 4) is 5.88 Å². The Bertz CT molecular complexity index is 1870. The fraction of sp³-hybridized carbons (Fsp3) is 0.525. The lowest BCUT2D eigenvalue weighted by atomic mass is 9.52. The van der Waals surface area contributed by atoms with Gasteiger partial charge in [-0.15, -0.1) is 0 Å². The highest BCUT2D eigenvalue weighted by Gasteiger charge is 2.71. The minimum Gasteiger partial charge on any atom is -0.507 e. The van der Waals surface area contributed by atoms with Gasteiger partial charge in [0, 0.05) is 43.4 Å². The van der Waals surface area contributed by atoms with Gasteiger partial charge in [-0.05, 0) is 99.4 Å². The predicted octanol–water partition coefficient (Wildman–Crippen LogP) is 6.71. The summed E-state index contributed by atoms with van der Waals surface area (Å²) in [6.07, 6.45) is 0.532. The number of aryl methyl sites for hydroxylation is 1. The van der Waals surface area contributed by atoms with Gasteiger partial charge in [-0.3, -0.25) is 14.5 Å². The van der Waals surface area contributed by atoms with E-state index in [1.807, 2.05) is 90.5 Å². The molecule has 0 saturated heterocycles. The van der Waals surface area contributed by atoms with Gasteiger partial charge in [0.25, 0.3) is 5.88 Å². The van der Waals surface area contributed by atoms with Crippen LogP contribution in [-0.4, -0.2) is 94.4 Å². The molecule has 10 nitrogen and oxygen atoms in total. The summed E-state index contributed by atoms with van der Waals surface area (Å²) in [5, 5.41) is 16.4. The monoisotopic (exact) mass is 714 g/mol. The van der Waals surface area contributed by atoms with Gasteiger partial charge >= 0.3 is 0 Å². The normalized spacial score (nSPS) is 24.7. The van der Waals surface area contributed by atoms with Gasteiger partial charge in [0.2, 0.25) is 11.6 Å². The highest BCUT2D eigenvalue weighted by molar-refractivity contribution is 6.74. The topological polar surface area (TPSA) is 109 Å². The largest absolute Gasteiger partial charge is 0.507 e. The van der Waals surface area contributed by atoms with E-state index in [2.05, 4.69) is 54.9 Å². The number of hydrogen-bond donors (Lipinski definition) is 1. The Morgan fingerprint density at radius 2 is 1.65 bits per heavy atom. The van der Waals surface area contributed by atoms with Crippen molar-refractivity contribution in [3.05, 3.63) is 81.6 Å². The second kappa shape index (κ2) is 13.0. The number of aromatic nitrogens is 1. The van der Waals surface area contributed by atoms with Crippen molar-refractivity contribution in [1.82, 2.24) is 15.0 Å². The number of Topliss-reactive ketones (excluding diaryl/α,β-unsaturated/α-hetero) is 2. The molecule has 6 rings (SSSR count). The Kier molecular flexibility index (Phi) is 9.44. The van der Waals surface area contributed by atoms with E-state index >= 15 is 9.59 Å². The number of hydrogen-bond acceptors (Lipinski definition) is 10. The molecule has 0 spiro atoms. The average Bonchev–Trinajstić information content (AvgIpc) is 3.46. The number of rotatable bonds is 9. The van der Waals surface area contributed by atoms with Crippen LogP contribution in [0.1, 0.15) is 65.2 Å². The van der Waals surface area contributed by atoms with E-state index in [9.17, 15) is 5.11 Å². The van der Waals surface area contributed by atoms with Crippen molar-refractivity contribution in [2.75, 3.05) is 53.7 Å². The maximum Gasteiger partial charge on any atom is 0.265 e. The Hall–Kier alpha value is -3.77. The zero-order chi connectivity index (χ0) is 37.4. The third-order valence-electron chi connectivity index (χ3n) is 11.7. The van der Waals surface area contributed by atoms with Gasteiger partial charge in [-0.2, -0.15) is 0 Å². The molecule has 1 fully saturated rings. The van der Waals surface area contributed by atoms with E-state index in [0.717, 1.165) is 22.4 Å². The van der Waals surface area contributed by atoms with Crippen molar-refractivity contribution in [3.63, 3.8) is 0 Å². The van der Waals surface area contributed by atoms with Crippen LogP contribution in [-0.2, 0) is 22.2 Å². The Morgan fingerprint density at radius 3 is 2.24 bits per heavy atom. The summed E-state index contributed by atoms with van der Waals surface area (Å²) < 4.78 is 19.7. The standard InChI is InChI=1S/C40H54N4O6Si/c1-23-18-19-28(43(7)8)26-20-25-27(21-42(5)6)32-33(44(9)10)35-31(38(41-49-35)48-22-24-16-14-13-15-17-24)37(47)40(32,50-51(11,12)39(2,3)4)36(46)30(25)34(45)29(23)26/h13-19,25,27,32-33,45H,20-22H2,1-12H3/t25-,27+,32-,33-,40-/m0/s1. The first-order chi connectivity index (χ1) is 23.8. The zero-order valence-electron chi connectivity index (χ0n) is 32.2. The third kappa shape index (κ3) is 5.86. The summed E-state index contributed by atoms with van der Waals surface area (Å²) in [4.78, 5) is 37.7. The van der Waals surface area contributed by atoms with E-state index in [4.69, 9.17) is 13.7 Å². The minimum absolute atomic E-state index is 0.0418. The molecule has 11 heteroatoms. The number of fused-ring (bicyclic) bond motifs is 4. The fourth-order valence-electron chi connectivity index (χ4n) is 8.40. The van der Waals surface area contributed by atoms with Crippen LogP contribution in [0.15, 0.2) is 52.6 Å². The molecule has 274 valence electrons. The molecule has 0 aliphatic heterocycles. The molecule has 51 heavy (non-hydrogen) atoms. The van der Waals surface area contributed by atoms with Crippen molar-refractivity contribution in [2.45, 2.75) is 70.5 Å². The van der Waals surface area contributed by atoms with Gasteiger partial charge < -0.3 is 28.6 Å². The number of benzene rings is 2. The van der Waals surface area contributed by atoms with Gasteiger partial charge in [-0.1, -0.05) is 57.2 Å². The number of anilines is 1. The SMILES string of the molecule is Cc1ccc(N(C)C)c2c1C(O)=C1C(=O)[C@]3(O[Si](C)(C)C(C)(C)C)C(=O)c4c(OCc5ccccc5)noc4[C@@H](N(C)C)[C@@H]3[C@H](CN(C)C)[C@@H]1C2. The summed E-state index contributed by atoms with van der Waals surface area (Å²) >= 11 is 0. The second-order valence-electron chi connectivity index (χ2n) is 16.8. The molecule has 0 amide bonds. The molecular weight excluding hydrogens is 661 g/mol. The smallest absolute Gasteiger partial charge is 0.265 e. The molecule has 1 aromatic heterocycles. The minimum atomic E-state index is -2.88. The molecule has 2 aromatic carbocycles. The van der Waals surface area contributed by atoms with Crippen LogP contribution in [0.2, 0.25) is 18.1 Å². The molecule has 0 bridgehead atoms. The highest BCUT2D eigenvalue weighted by Crippen LogP contribution is 2.61. The molecular formula is C40H54N4O6Si. The molecule has 1 N–H and O–H groups in total. The van der Waals surface area contributed by atoms with Crippen LogP contribution in [0.25, 0.3) is 5.76 Å². The molecule has 3 aromatic rings. The number of ether oxygens (including phenoxy) is 1. The van der Waals surface area contributed by atoms with E-state index in [-0.39, 0.29) is 46.3 Å². The number of nitrogens with zero attached hydrogens (tertiary/aromatic N) is 4. The molecule has 0 unspecified atom stereocenters. The maximum atomic E-state index is 15.8. The molecule has 5 atom stereocenters. The Balaban J connectivity index is 1.66. The van der Waals surface area contributed by atoms with Crippen molar-refractivity contribution < 1.29 is 28.4 Å². The Morgan fingerprint density at radius 1 is 0.980 bits per heavy atom. The summed E-state index contributed by atoms with van der Waals surface area (Å²) in [5.41, 5.74) is 2.88. The number of aliphatic hydroxyl groups excluding tert-OH is 1. The van der Waals surface area contributed by atoms with Gasteiger partial charge in [0.05, 0.1) is 6.04 Å². The fourth-order valence-corrected chi connectivity index (χ4v) is 9.84. The van der Waals surface area contributed by atoms with Gasteiger partial charge in [-0.25, -0.2) is 0 Å². The summed E-state index contributed by atoms with van der Waals surface area (Å²) in [6.45, 7) is 13.1. The first-order valence-electron chi connectivity index (χ1n) is 17.8. The van der Waals surface area contributed by atoms with Crippen LogP contribution in [0, 0.1) is 24.7 Å². The molecule has 1 heterocycles. The molecule has 1 saturated carbocycles. The van der Waals surface area contributed by atoms with Gasteiger partial charge in [0.15, 0.2) is 19.7 Å². The number of carbonyl (C=O) groups is 2. The van der Waals surface area contributed by atoms with Crippen molar-refractivity contribution in [1.29, 1.82) is 0 Å². The first kappa shape index (κ1) is 37.0. The van der Waals surface area contributed by atoms with Crippen molar-refractivity contribution in [2.24, 2.45) is 17.8 Å². The van der Waals surface area contributed by atoms with E-state index in [0.29, 0.717) is 24.3 Å². The maximum absolute atomic E-state index is 15.8. The number of ketones is 2. The first-order valence-corrected chi connectivity index (χ1v) is 20.7. The lowest BCUT2D eigenvalue weighted by Crippen LogP contribution is -2.71. The van der Waals surface area contributed by atoms with Crippen LogP contribution in [0.4, 0.5) is 5.69 Å². The van der Waals surface area contributed by atoms with E-state index in [1.165, 1.54) is 0 Å². The van der Waals surface area contributed by atoms with Crippen LogP contribution in [0.3, 0.4) is 0 Å². The highest BCUT2D eigenvalue weighted by atomic mass is 28.4. The van der Waals surface area contributed by atoms with E-state index < -0.39 is 37.4 Å².